The lowest BCUT2D eigenvalue weighted by Crippen LogP contribution is -1.75. The van der Waals surface area contributed by atoms with Gasteiger partial charge in [-0.3, -0.25) is 0 Å². The topological polar surface area (TPSA) is 20.2 Å². The van der Waals surface area contributed by atoms with Gasteiger partial charge >= 0.3 is 0 Å². The SMILES string of the molecule is CCCC.CCCCCC.CCCCO. The molecule has 0 rings (SSSR count). The van der Waals surface area contributed by atoms with E-state index in [9.17, 15) is 0 Å². The highest BCUT2D eigenvalue weighted by molar-refractivity contribution is 4.31. The first-order chi connectivity index (χ1) is 7.24. The van der Waals surface area contributed by atoms with Crippen LogP contribution in [0.3, 0.4) is 0 Å². The summed E-state index contributed by atoms with van der Waals surface area (Å²) in [5, 5.41) is 8.07. The molecule has 0 unspecified atom stereocenters. The number of rotatable bonds is 6. The van der Waals surface area contributed by atoms with E-state index in [2.05, 4.69) is 34.6 Å². The van der Waals surface area contributed by atoms with Crippen LogP contribution in [0.4, 0.5) is 0 Å². The lowest BCUT2D eigenvalue weighted by Gasteiger charge is -1.86. The standard InChI is InChI=1S/C6H14.C4H10O.C4H10/c1-3-5-6-4-2;1-2-3-4-5;1-3-4-2/h3-6H2,1-2H3;5H,2-4H2,1H3;3-4H2,1-2H3. The first-order valence-corrected chi connectivity index (χ1v) is 6.85. The van der Waals surface area contributed by atoms with Crippen LogP contribution in [0.5, 0.6) is 0 Å². The third-order valence-electron chi connectivity index (χ3n) is 1.97. The van der Waals surface area contributed by atoms with E-state index in [4.69, 9.17) is 5.11 Å². The average Bonchev–Trinajstić information content (AvgIpc) is 2.28. The number of aliphatic hydroxyl groups excluding tert-OH is 1. The monoisotopic (exact) mass is 218 g/mol. The van der Waals surface area contributed by atoms with Crippen LogP contribution in [0.1, 0.15) is 86.0 Å². The molecular weight excluding hydrogens is 184 g/mol. The Morgan fingerprint density at radius 1 is 0.533 bits per heavy atom. The Morgan fingerprint density at radius 3 is 0.933 bits per heavy atom. The van der Waals surface area contributed by atoms with Gasteiger partial charge in [-0.1, -0.05) is 79.6 Å². The lowest BCUT2D eigenvalue weighted by atomic mass is 10.2. The highest BCUT2D eigenvalue weighted by Crippen LogP contribution is 1.95. The summed E-state index contributed by atoms with van der Waals surface area (Å²) in [6.45, 7) is 11.2. The van der Waals surface area contributed by atoms with E-state index in [1.807, 2.05) is 0 Å². The summed E-state index contributed by atoms with van der Waals surface area (Å²) in [7, 11) is 0. The van der Waals surface area contributed by atoms with Crippen molar-refractivity contribution in [2.24, 2.45) is 0 Å². The molecule has 1 heteroatoms. The Hall–Kier alpha value is -0.0400. The minimum atomic E-state index is 0.344. The van der Waals surface area contributed by atoms with Gasteiger partial charge < -0.3 is 5.11 Å². The number of hydrogen-bond acceptors (Lipinski definition) is 1. The van der Waals surface area contributed by atoms with Gasteiger partial charge in [-0.2, -0.15) is 0 Å². The number of aliphatic hydroxyl groups is 1. The van der Waals surface area contributed by atoms with Crippen LogP contribution < -0.4 is 0 Å². The molecule has 0 aliphatic heterocycles. The van der Waals surface area contributed by atoms with Crippen molar-refractivity contribution in [3.8, 4) is 0 Å². The van der Waals surface area contributed by atoms with Gasteiger partial charge in [0.15, 0.2) is 0 Å². The van der Waals surface area contributed by atoms with Crippen molar-refractivity contribution in [2.45, 2.75) is 86.0 Å². The molecule has 0 aromatic carbocycles. The third-order valence-corrected chi connectivity index (χ3v) is 1.97. The van der Waals surface area contributed by atoms with Crippen molar-refractivity contribution in [1.29, 1.82) is 0 Å². The quantitative estimate of drug-likeness (QED) is 0.610. The Labute approximate surface area is 98.3 Å². The van der Waals surface area contributed by atoms with Crippen LogP contribution in [0, 0.1) is 0 Å². The fraction of sp³-hybridized carbons (Fsp3) is 1.00. The zero-order valence-corrected chi connectivity index (χ0v) is 11.8. The van der Waals surface area contributed by atoms with Crippen LogP contribution in [0.15, 0.2) is 0 Å². The highest BCUT2D eigenvalue weighted by Gasteiger charge is 1.75. The van der Waals surface area contributed by atoms with E-state index < -0.39 is 0 Å². The van der Waals surface area contributed by atoms with Gasteiger partial charge in [-0.05, 0) is 6.42 Å². The summed E-state index contributed by atoms with van der Waals surface area (Å²) < 4.78 is 0. The first-order valence-electron chi connectivity index (χ1n) is 6.85. The molecule has 0 aromatic rings. The zero-order valence-electron chi connectivity index (χ0n) is 11.8. The van der Waals surface area contributed by atoms with Crippen molar-refractivity contribution >= 4 is 0 Å². The molecule has 1 N–H and O–H groups in total. The van der Waals surface area contributed by atoms with Gasteiger partial charge in [-0.25, -0.2) is 0 Å². The fourth-order valence-electron chi connectivity index (χ4n) is 0.658. The Morgan fingerprint density at radius 2 is 0.867 bits per heavy atom. The smallest absolute Gasteiger partial charge is 0.0430 e. The van der Waals surface area contributed by atoms with Crippen LogP contribution in [-0.4, -0.2) is 11.7 Å². The summed E-state index contributed by atoms with van der Waals surface area (Å²) >= 11 is 0. The van der Waals surface area contributed by atoms with E-state index in [0.29, 0.717) is 6.61 Å². The maximum Gasteiger partial charge on any atom is 0.0430 e. The molecule has 0 fully saturated rings. The van der Waals surface area contributed by atoms with Gasteiger partial charge in [0.1, 0.15) is 0 Å². The Bertz CT molecular complexity index is 54.4. The second-order valence-electron chi connectivity index (χ2n) is 3.78. The zero-order chi connectivity index (χ0) is 12.4. The van der Waals surface area contributed by atoms with E-state index in [1.165, 1.54) is 38.5 Å². The van der Waals surface area contributed by atoms with Gasteiger partial charge in [0.2, 0.25) is 0 Å². The summed E-state index contributed by atoms with van der Waals surface area (Å²) in [4.78, 5) is 0. The molecule has 1 nitrogen and oxygen atoms in total. The van der Waals surface area contributed by atoms with Crippen LogP contribution in [-0.2, 0) is 0 Å². The molecule has 0 saturated heterocycles. The van der Waals surface area contributed by atoms with Gasteiger partial charge in [0.25, 0.3) is 0 Å². The largest absolute Gasteiger partial charge is 0.396 e. The lowest BCUT2D eigenvalue weighted by molar-refractivity contribution is 0.287. The second kappa shape index (κ2) is 29.2. The molecule has 0 bridgehead atoms. The summed E-state index contributed by atoms with van der Waals surface area (Å²) in [5.74, 6) is 0. The molecule has 0 aliphatic rings. The molecule has 0 atom stereocenters. The first kappa shape index (κ1) is 20.4. The van der Waals surface area contributed by atoms with E-state index in [0.717, 1.165) is 12.8 Å². The van der Waals surface area contributed by atoms with Crippen LogP contribution in [0.25, 0.3) is 0 Å². The van der Waals surface area contributed by atoms with Gasteiger partial charge in [-0.15, -0.1) is 0 Å². The molecule has 0 aliphatic carbocycles. The molecule has 15 heavy (non-hydrogen) atoms. The second-order valence-corrected chi connectivity index (χ2v) is 3.78. The minimum absolute atomic E-state index is 0.344. The summed E-state index contributed by atoms with van der Waals surface area (Å²) in [6, 6.07) is 0. The minimum Gasteiger partial charge on any atom is -0.396 e. The summed E-state index contributed by atoms with van der Waals surface area (Å²) in [5.41, 5.74) is 0. The van der Waals surface area contributed by atoms with Crippen molar-refractivity contribution < 1.29 is 5.11 Å². The van der Waals surface area contributed by atoms with Crippen molar-refractivity contribution in [3.05, 3.63) is 0 Å². The average molecular weight is 218 g/mol. The predicted octanol–water partition coefficient (Wildman–Crippen LogP) is 5.17. The van der Waals surface area contributed by atoms with E-state index in [-0.39, 0.29) is 0 Å². The van der Waals surface area contributed by atoms with Crippen molar-refractivity contribution in [2.75, 3.05) is 6.61 Å². The predicted molar refractivity (Wildman–Crippen MR) is 72.4 cm³/mol. The Kier molecular flexibility index (Phi) is 39.7. The third kappa shape index (κ3) is 56.2. The molecular formula is C14H34O. The number of unbranched alkanes of at least 4 members (excludes halogenated alkanes) is 5. The van der Waals surface area contributed by atoms with E-state index in [1.54, 1.807) is 0 Å². The van der Waals surface area contributed by atoms with E-state index >= 15 is 0 Å². The van der Waals surface area contributed by atoms with Gasteiger partial charge in [0, 0.05) is 6.61 Å². The van der Waals surface area contributed by atoms with Crippen molar-refractivity contribution in [1.82, 2.24) is 0 Å². The molecule has 0 radical (unpaired) electrons. The fourth-order valence-corrected chi connectivity index (χ4v) is 0.658. The maximum absolute atomic E-state index is 8.07. The molecule has 0 heterocycles. The number of hydrogen-bond donors (Lipinski definition) is 1. The highest BCUT2D eigenvalue weighted by atomic mass is 16.2. The maximum atomic E-state index is 8.07. The molecule has 0 spiro atoms. The van der Waals surface area contributed by atoms with Gasteiger partial charge in [0.05, 0.1) is 0 Å². The molecule has 96 valence electrons. The Balaban J connectivity index is -0.000000147. The molecule has 0 saturated carbocycles. The van der Waals surface area contributed by atoms with Crippen molar-refractivity contribution in [3.63, 3.8) is 0 Å². The van der Waals surface area contributed by atoms with Crippen LogP contribution in [0.2, 0.25) is 0 Å². The molecule has 0 aromatic heterocycles. The molecule has 0 amide bonds. The summed E-state index contributed by atoms with van der Waals surface area (Å²) in [6.07, 6.45) is 10.2. The van der Waals surface area contributed by atoms with Crippen LogP contribution >= 0.6 is 0 Å². The normalized spacial score (nSPS) is 8.40.